The quantitative estimate of drug-likeness (QED) is 0.866. The highest BCUT2D eigenvalue weighted by molar-refractivity contribution is 5.89. The van der Waals surface area contributed by atoms with Gasteiger partial charge in [0.1, 0.15) is 17.8 Å². The molecule has 1 aliphatic rings. The third-order valence-corrected chi connectivity index (χ3v) is 4.23. The topological polar surface area (TPSA) is 70.8 Å². The van der Waals surface area contributed by atoms with Crippen molar-refractivity contribution in [2.45, 2.75) is 38.6 Å². The van der Waals surface area contributed by atoms with Crippen LogP contribution < -0.4 is 5.73 Å². The Bertz CT molecular complexity index is 566. The van der Waals surface area contributed by atoms with Gasteiger partial charge in [0, 0.05) is 12.2 Å². The molecule has 3 rings (SSSR count). The molecule has 0 bridgehead atoms. The molecule has 5 heteroatoms. The van der Waals surface area contributed by atoms with Crippen LogP contribution in [-0.4, -0.2) is 39.0 Å². The molecule has 3 heterocycles. The molecule has 0 atom stereocenters. The number of hydrogen-bond donors (Lipinski definition) is 2. The maximum absolute atomic E-state index is 6.00. The standard InChI is InChI=1S/C14H21N5/c1-9(2)19-5-3-10(4-6-19)11-7-16-14-12(11)13(15)17-8-18-14/h7-10H,3-6H2,1-2H3,(H3,15,16,17,18). The average molecular weight is 259 g/mol. The van der Waals surface area contributed by atoms with Crippen LogP contribution in [0.15, 0.2) is 12.5 Å². The molecule has 1 aliphatic heterocycles. The number of aromatic nitrogens is 3. The summed E-state index contributed by atoms with van der Waals surface area (Å²) in [6, 6.07) is 0.636. The van der Waals surface area contributed by atoms with E-state index in [1.165, 1.54) is 24.7 Å². The number of nitrogens with two attached hydrogens (primary N) is 1. The first-order chi connectivity index (χ1) is 9.16. The molecule has 3 N–H and O–H groups in total. The Morgan fingerprint density at radius 2 is 2.05 bits per heavy atom. The molecule has 19 heavy (non-hydrogen) atoms. The van der Waals surface area contributed by atoms with Crippen LogP contribution in [0.25, 0.3) is 11.0 Å². The van der Waals surface area contributed by atoms with Crippen LogP contribution in [0.3, 0.4) is 0 Å². The highest BCUT2D eigenvalue weighted by Crippen LogP contribution is 2.34. The maximum Gasteiger partial charge on any atom is 0.143 e. The Kier molecular flexibility index (Phi) is 3.14. The lowest BCUT2D eigenvalue weighted by Crippen LogP contribution is -2.37. The van der Waals surface area contributed by atoms with Gasteiger partial charge < -0.3 is 15.6 Å². The van der Waals surface area contributed by atoms with E-state index in [0.717, 1.165) is 24.1 Å². The number of likely N-dealkylation sites (tertiary alicyclic amines) is 1. The summed E-state index contributed by atoms with van der Waals surface area (Å²) in [5, 5.41) is 1.02. The molecule has 1 fully saturated rings. The maximum atomic E-state index is 6.00. The number of anilines is 1. The largest absolute Gasteiger partial charge is 0.383 e. The van der Waals surface area contributed by atoms with Crippen molar-refractivity contribution >= 4 is 16.9 Å². The van der Waals surface area contributed by atoms with Crippen LogP contribution in [0.1, 0.15) is 38.2 Å². The molecule has 1 saturated heterocycles. The van der Waals surface area contributed by atoms with E-state index in [0.29, 0.717) is 17.8 Å². The molecular formula is C14H21N5. The van der Waals surface area contributed by atoms with Crippen LogP contribution >= 0.6 is 0 Å². The van der Waals surface area contributed by atoms with E-state index in [1.807, 2.05) is 0 Å². The number of fused-ring (bicyclic) bond motifs is 1. The second kappa shape index (κ2) is 4.81. The number of rotatable bonds is 2. The zero-order chi connectivity index (χ0) is 13.4. The van der Waals surface area contributed by atoms with Gasteiger partial charge in [0.25, 0.3) is 0 Å². The van der Waals surface area contributed by atoms with Crippen molar-refractivity contribution in [1.29, 1.82) is 0 Å². The fourth-order valence-corrected chi connectivity index (χ4v) is 3.06. The number of piperidine rings is 1. The Hall–Kier alpha value is -1.62. The third-order valence-electron chi connectivity index (χ3n) is 4.23. The minimum Gasteiger partial charge on any atom is -0.383 e. The Morgan fingerprint density at radius 1 is 1.32 bits per heavy atom. The van der Waals surface area contributed by atoms with E-state index in [4.69, 9.17) is 5.73 Å². The van der Waals surface area contributed by atoms with Crippen LogP contribution in [0, 0.1) is 0 Å². The highest BCUT2D eigenvalue weighted by Gasteiger charge is 2.24. The Labute approximate surface area is 113 Å². The highest BCUT2D eigenvalue weighted by atomic mass is 15.1. The fraction of sp³-hybridized carbons (Fsp3) is 0.571. The van der Waals surface area contributed by atoms with Crippen molar-refractivity contribution in [3.63, 3.8) is 0 Å². The summed E-state index contributed by atoms with van der Waals surface area (Å²) < 4.78 is 0. The molecule has 2 aromatic rings. The SMILES string of the molecule is CC(C)N1CCC(c2c[nH]c3ncnc(N)c23)CC1. The number of nitrogens with one attached hydrogen (secondary N) is 1. The predicted octanol–water partition coefficient (Wildman–Crippen LogP) is 2.13. The van der Waals surface area contributed by atoms with Gasteiger partial charge in [-0.1, -0.05) is 0 Å². The van der Waals surface area contributed by atoms with Gasteiger partial charge in [-0.05, 0) is 51.3 Å². The van der Waals surface area contributed by atoms with Gasteiger partial charge >= 0.3 is 0 Å². The van der Waals surface area contributed by atoms with Crippen molar-refractivity contribution in [2.75, 3.05) is 18.8 Å². The number of H-pyrrole nitrogens is 1. The van der Waals surface area contributed by atoms with Gasteiger partial charge in [-0.15, -0.1) is 0 Å². The summed E-state index contributed by atoms with van der Waals surface area (Å²) in [7, 11) is 0. The summed E-state index contributed by atoms with van der Waals surface area (Å²) in [4.78, 5) is 14.1. The van der Waals surface area contributed by atoms with Gasteiger partial charge in [0.2, 0.25) is 0 Å². The Morgan fingerprint density at radius 3 is 2.74 bits per heavy atom. The summed E-state index contributed by atoms with van der Waals surface area (Å²) in [5.74, 6) is 1.16. The molecule has 0 saturated carbocycles. The first-order valence-electron chi connectivity index (χ1n) is 6.98. The normalized spacial score (nSPS) is 18.5. The molecular weight excluding hydrogens is 238 g/mol. The molecule has 102 valence electrons. The van der Waals surface area contributed by atoms with Crippen molar-refractivity contribution in [1.82, 2.24) is 19.9 Å². The lowest BCUT2D eigenvalue weighted by Gasteiger charge is -2.34. The van der Waals surface area contributed by atoms with Crippen LogP contribution in [0.2, 0.25) is 0 Å². The van der Waals surface area contributed by atoms with E-state index in [-0.39, 0.29) is 0 Å². The number of nitrogens with zero attached hydrogens (tertiary/aromatic N) is 3. The fourth-order valence-electron chi connectivity index (χ4n) is 3.06. The number of nitrogen functional groups attached to an aromatic ring is 1. The van der Waals surface area contributed by atoms with E-state index in [9.17, 15) is 0 Å². The molecule has 0 aliphatic carbocycles. The predicted molar refractivity (Wildman–Crippen MR) is 77.0 cm³/mol. The summed E-state index contributed by atoms with van der Waals surface area (Å²) in [6.07, 6.45) is 5.93. The minimum absolute atomic E-state index is 0.567. The second-order valence-electron chi connectivity index (χ2n) is 5.63. The molecule has 0 aromatic carbocycles. The van der Waals surface area contributed by atoms with Gasteiger partial charge in [-0.3, -0.25) is 0 Å². The molecule has 0 unspecified atom stereocenters. The second-order valence-corrected chi connectivity index (χ2v) is 5.63. The van der Waals surface area contributed by atoms with Crippen molar-refractivity contribution < 1.29 is 0 Å². The monoisotopic (exact) mass is 259 g/mol. The van der Waals surface area contributed by atoms with Gasteiger partial charge in [-0.25, -0.2) is 9.97 Å². The molecule has 0 amide bonds. The van der Waals surface area contributed by atoms with Gasteiger partial charge in [-0.2, -0.15) is 0 Å². The zero-order valence-corrected chi connectivity index (χ0v) is 11.6. The van der Waals surface area contributed by atoms with E-state index < -0.39 is 0 Å². The summed E-state index contributed by atoms with van der Waals surface area (Å²) >= 11 is 0. The molecule has 2 aromatic heterocycles. The lowest BCUT2D eigenvalue weighted by atomic mass is 9.89. The molecule has 5 nitrogen and oxygen atoms in total. The average Bonchev–Trinajstić information content (AvgIpc) is 2.84. The van der Waals surface area contributed by atoms with Crippen molar-refractivity contribution in [3.05, 3.63) is 18.1 Å². The van der Waals surface area contributed by atoms with E-state index >= 15 is 0 Å². The van der Waals surface area contributed by atoms with Crippen LogP contribution in [-0.2, 0) is 0 Å². The lowest BCUT2D eigenvalue weighted by molar-refractivity contribution is 0.172. The van der Waals surface area contributed by atoms with Crippen LogP contribution in [0.4, 0.5) is 5.82 Å². The van der Waals surface area contributed by atoms with Gasteiger partial charge in [0.05, 0.1) is 5.39 Å². The Balaban J connectivity index is 1.86. The first kappa shape index (κ1) is 12.4. The summed E-state index contributed by atoms with van der Waals surface area (Å²) in [5.41, 5.74) is 8.15. The van der Waals surface area contributed by atoms with Crippen molar-refractivity contribution in [2.24, 2.45) is 0 Å². The number of aromatic amines is 1. The molecule has 0 radical (unpaired) electrons. The number of hydrogen-bond acceptors (Lipinski definition) is 4. The van der Waals surface area contributed by atoms with Crippen LogP contribution in [0.5, 0.6) is 0 Å². The third kappa shape index (κ3) is 2.18. The molecule has 0 spiro atoms. The van der Waals surface area contributed by atoms with E-state index in [2.05, 4.69) is 39.9 Å². The van der Waals surface area contributed by atoms with Gasteiger partial charge in [0.15, 0.2) is 0 Å². The zero-order valence-electron chi connectivity index (χ0n) is 11.6. The van der Waals surface area contributed by atoms with E-state index in [1.54, 1.807) is 0 Å². The minimum atomic E-state index is 0.567. The summed E-state index contributed by atoms with van der Waals surface area (Å²) in [6.45, 7) is 6.83. The smallest absolute Gasteiger partial charge is 0.143 e. The van der Waals surface area contributed by atoms with Crippen molar-refractivity contribution in [3.8, 4) is 0 Å². The first-order valence-corrected chi connectivity index (χ1v) is 6.98.